The van der Waals surface area contributed by atoms with Gasteiger partial charge in [0.05, 0.1) is 12.2 Å². The van der Waals surface area contributed by atoms with Crippen molar-refractivity contribution in [3.8, 4) is 5.75 Å². The van der Waals surface area contributed by atoms with Gasteiger partial charge in [-0.1, -0.05) is 29.8 Å². The molecule has 0 atom stereocenters. The van der Waals surface area contributed by atoms with Crippen LogP contribution in [0.5, 0.6) is 5.75 Å². The summed E-state index contributed by atoms with van der Waals surface area (Å²) in [6.07, 6.45) is 2.13. The van der Waals surface area contributed by atoms with E-state index in [9.17, 15) is 0 Å². The van der Waals surface area contributed by atoms with E-state index >= 15 is 0 Å². The van der Waals surface area contributed by atoms with Crippen molar-refractivity contribution < 1.29 is 4.74 Å². The fraction of sp³-hybridized carbons (Fsp3) is 0.211. The second-order valence-corrected chi connectivity index (χ2v) is 6.46. The van der Waals surface area contributed by atoms with E-state index in [2.05, 4.69) is 47.6 Å². The number of rotatable bonds is 5. The molecule has 0 amide bonds. The maximum atomic E-state index is 5.21. The summed E-state index contributed by atoms with van der Waals surface area (Å²) in [5, 5.41) is 4.59. The highest BCUT2D eigenvalue weighted by Crippen LogP contribution is 2.24. The third-order valence-electron chi connectivity index (χ3n) is 3.61. The van der Waals surface area contributed by atoms with Crippen molar-refractivity contribution in [2.75, 3.05) is 24.7 Å². The van der Waals surface area contributed by atoms with Gasteiger partial charge in [-0.2, -0.15) is 0 Å². The minimum Gasteiger partial charge on any atom is -0.497 e. The average molecular weight is 324 g/mol. The topological polar surface area (TPSA) is 33.6 Å². The molecule has 0 radical (unpaired) electrons. The molecule has 1 aliphatic rings. The van der Waals surface area contributed by atoms with Crippen LogP contribution in [-0.4, -0.2) is 24.5 Å². The highest BCUT2D eigenvalue weighted by Gasteiger charge is 2.09. The maximum Gasteiger partial charge on any atom is 0.119 e. The molecule has 118 valence electrons. The van der Waals surface area contributed by atoms with Crippen LogP contribution in [-0.2, 0) is 0 Å². The number of hydrogen-bond donors (Lipinski definition) is 1. The fourth-order valence-electron chi connectivity index (χ4n) is 2.32. The molecule has 0 aromatic heterocycles. The summed E-state index contributed by atoms with van der Waals surface area (Å²) in [6, 6.07) is 16.5. The quantitative estimate of drug-likeness (QED) is 0.872. The van der Waals surface area contributed by atoms with Gasteiger partial charge in [0.2, 0.25) is 0 Å². The normalized spacial score (nSPS) is 14.5. The summed E-state index contributed by atoms with van der Waals surface area (Å²) in [6.45, 7) is 3.00. The van der Waals surface area contributed by atoms with Crippen LogP contribution in [0.2, 0.25) is 0 Å². The van der Waals surface area contributed by atoms with E-state index in [0.29, 0.717) is 0 Å². The first-order valence-corrected chi connectivity index (χ1v) is 8.60. The lowest BCUT2D eigenvalue weighted by molar-refractivity contribution is 0.415. The lowest BCUT2D eigenvalue weighted by Gasteiger charge is -2.13. The minimum absolute atomic E-state index is 0.854. The van der Waals surface area contributed by atoms with Crippen LogP contribution in [0.3, 0.4) is 0 Å². The van der Waals surface area contributed by atoms with Gasteiger partial charge in [-0.3, -0.25) is 4.99 Å². The highest BCUT2D eigenvalue weighted by atomic mass is 32.2. The van der Waals surface area contributed by atoms with Gasteiger partial charge >= 0.3 is 0 Å². The van der Waals surface area contributed by atoms with E-state index in [0.717, 1.165) is 40.0 Å². The molecule has 2 aromatic rings. The number of thioether (sulfide) groups is 1. The van der Waals surface area contributed by atoms with Crippen LogP contribution >= 0.6 is 11.8 Å². The van der Waals surface area contributed by atoms with Gasteiger partial charge in [0.15, 0.2) is 0 Å². The molecule has 3 nitrogen and oxygen atoms in total. The number of aliphatic imine (C=N–C) groups is 1. The largest absolute Gasteiger partial charge is 0.497 e. The van der Waals surface area contributed by atoms with Crippen molar-refractivity contribution in [2.24, 2.45) is 4.99 Å². The summed E-state index contributed by atoms with van der Waals surface area (Å²) in [7, 11) is 1.68. The Labute approximate surface area is 141 Å². The number of ether oxygens (including phenoxy) is 1. The maximum absolute atomic E-state index is 5.21. The molecule has 1 N–H and O–H groups in total. The minimum atomic E-state index is 0.854. The Kier molecular flexibility index (Phi) is 5.03. The van der Waals surface area contributed by atoms with E-state index in [1.807, 2.05) is 24.3 Å². The SMILES string of the molecule is COc1ccc(NC(=CC2=NCCS2)c2ccc(C)cc2)cc1. The number of methoxy groups -OCH3 is 1. The smallest absolute Gasteiger partial charge is 0.119 e. The number of aryl methyl sites for hydroxylation is 1. The molecule has 0 bridgehead atoms. The molecule has 0 aliphatic carbocycles. The van der Waals surface area contributed by atoms with Gasteiger partial charge in [0.25, 0.3) is 0 Å². The second-order valence-electron chi connectivity index (χ2n) is 5.35. The Morgan fingerprint density at radius 3 is 2.48 bits per heavy atom. The zero-order valence-electron chi connectivity index (χ0n) is 13.4. The second kappa shape index (κ2) is 7.38. The van der Waals surface area contributed by atoms with Crippen LogP contribution in [0, 0.1) is 6.92 Å². The van der Waals surface area contributed by atoms with Crippen molar-refractivity contribution >= 4 is 28.2 Å². The van der Waals surface area contributed by atoms with Crippen molar-refractivity contribution in [3.05, 3.63) is 65.7 Å². The summed E-state index contributed by atoms with van der Waals surface area (Å²) < 4.78 is 5.21. The number of nitrogens with zero attached hydrogens (tertiary/aromatic N) is 1. The lowest BCUT2D eigenvalue weighted by Crippen LogP contribution is -2.01. The van der Waals surface area contributed by atoms with Crippen molar-refractivity contribution in [1.29, 1.82) is 0 Å². The molecule has 3 rings (SSSR count). The Morgan fingerprint density at radius 2 is 1.87 bits per heavy atom. The van der Waals surface area contributed by atoms with Gasteiger partial charge in [0, 0.05) is 23.7 Å². The molecule has 0 unspecified atom stereocenters. The highest BCUT2D eigenvalue weighted by molar-refractivity contribution is 8.14. The first-order valence-electron chi connectivity index (χ1n) is 7.62. The first kappa shape index (κ1) is 15.7. The van der Waals surface area contributed by atoms with Crippen molar-refractivity contribution in [2.45, 2.75) is 6.92 Å². The third kappa shape index (κ3) is 4.17. The Morgan fingerprint density at radius 1 is 1.13 bits per heavy atom. The van der Waals surface area contributed by atoms with Gasteiger partial charge in [-0.05, 0) is 42.8 Å². The predicted octanol–water partition coefficient (Wildman–Crippen LogP) is 4.60. The molecule has 0 spiro atoms. The number of hydrogen-bond acceptors (Lipinski definition) is 4. The summed E-state index contributed by atoms with van der Waals surface area (Å²) in [5.74, 6) is 1.92. The Bertz CT molecular complexity index is 718. The molecule has 4 heteroatoms. The third-order valence-corrected chi connectivity index (χ3v) is 4.54. The van der Waals surface area contributed by atoms with E-state index in [1.54, 1.807) is 18.9 Å². The summed E-state index contributed by atoms with van der Waals surface area (Å²) in [5.41, 5.74) is 4.50. The van der Waals surface area contributed by atoms with Crippen molar-refractivity contribution in [3.63, 3.8) is 0 Å². The predicted molar refractivity (Wildman–Crippen MR) is 101 cm³/mol. The van der Waals surface area contributed by atoms with Crippen LogP contribution < -0.4 is 10.1 Å². The molecular formula is C19H20N2OS. The van der Waals surface area contributed by atoms with Crippen LogP contribution in [0.1, 0.15) is 11.1 Å². The lowest BCUT2D eigenvalue weighted by atomic mass is 10.1. The van der Waals surface area contributed by atoms with Crippen LogP contribution in [0.15, 0.2) is 59.6 Å². The standard InChI is InChI=1S/C19H20N2OS/c1-14-3-5-15(6-4-14)18(13-19-20-11-12-23-19)21-16-7-9-17(22-2)10-8-16/h3-10,13,21H,11-12H2,1-2H3. The molecular weight excluding hydrogens is 304 g/mol. The van der Waals surface area contributed by atoms with E-state index in [-0.39, 0.29) is 0 Å². The first-order chi connectivity index (χ1) is 11.2. The number of anilines is 1. The fourth-order valence-corrected chi connectivity index (χ4v) is 3.09. The van der Waals surface area contributed by atoms with E-state index in [4.69, 9.17) is 4.74 Å². The van der Waals surface area contributed by atoms with Crippen molar-refractivity contribution in [1.82, 2.24) is 0 Å². The molecule has 1 heterocycles. The van der Waals surface area contributed by atoms with E-state index < -0.39 is 0 Å². The molecule has 23 heavy (non-hydrogen) atoms. The monoisotopic (exact) mass is 324 g/mol. The summed E-state index contributed by atoms with van der Waals surface area (Å²) >= 11 is 1.80. The molecule has 0 fully saturated rings. The molecule has 0 saturated carbocycles. The van der Waals surface area contributed by atoms with Crippen LogP contribution in [0.4, 0.5) is 5.69 Å². The van der Waals surface area contributed by atoms with Gasteiger partial charge in [0.1, 0.15) is 5.75 Å². The summed E-state index contributed by atoms with van der Waals surface area (Å²) in [4.78, 5) is 4.53. The molecule has 0 saturated heterocycles. The average Bonchev–Trinajstić information content (AvgIpc) is 3.09. The van der Waals surface area contributed by atoms with Gasteiger partial charge in [-0.25, -0.2) is 0 Å². The zero-order valence-corrected chi connectivity index (χ0v) is 14.2. The van der Waals surface area contributed by atoms with Gasteiger partial charge in [-0.15, -0.1) is 11.8 Å². The van der Waals surface area contributed by atoms with Gasteiger partial charge < -0.3 is 10.1 Å². The zero-order chi connectivity index (χ0) is 16.1. The number of benzene rings is 2. The molecule has 1 aliphatic heterocycles. The Balaban J connectivity index is 1.89. The number of nitrogens with one attached hydrogen (secondary N) is 1. The van der Waals surface area contributed by atoms with Crippen LogP contribution in [0.25, 0.3) is 5.70 Å². The molecule has 2 aromatic carbocycles. The van der Waals surface area contributed by atoms with E-state index in [1.165, 1.54) is 5.56 Å². The Hall–Kier alpha value is -2.20.